The highest BCUT2D eigenvalue weighted by Gasteiger charge is 2.36. The molecule has 0 saturated heterocycles. The number of halogens is 1. The van der Waals surface area contributed by atoms with Gasteiger partial charge >= 0.3 is 5.97 Å². The molecule has 0 aromatic rings. The minimum atomic E-state index is -0.525. The molecule has 20 heavy (non-hydrogen) atoms. The first-order chi connectivity index (χ1) is 8.88. The molecular weight excluding hydrogens is 369 g/mol. The predicted molar refractivity (Wildman–Crippen MR) is 89.0 cm³/mol. The van der Waals surface area contributed by atoms with Gasteiger partial charge in [-0.1, -0.05) is 48.1 Å². The van der Waals surface area contributed by atoms with Crippen LogP contribution in [0.5, 0.6) is 0 Å². The Morgan fingerprint density at radius 2 is 1.75 bits per heavy atom. The Kier molecular flexibility index (Phi) is 7.21. The molecule has 0 N–H and O–H groups in total. The molecule has 0 radical (unpaired) electrons. The van der Waals surface area contributed by atoms with Crippen LogP contribution in [-0.4, -0.2) is 21.7 Å². The Balaban J connectivity index is 4.87. The third-order valence-electron chi connectivity index (χ3n) is 2.89. The van der Waals surface area contributed by atoms with Gasteiger partial charge in [0.05, 0.1) is 22.9 Å². The number of nitrogens with zero attached hydrogens (tertiary/aromatic N) is 1. The normalized spacial score (nSPS) is 13.6. The van der Waals surface area contributed by atoms with E-state index in [1.54, 1.807) is 0 Å². The standard InChI is InChI=1S/C15H26INO3/c1-8-12(18)20-10-17(16)13(19)11(15(5,6)7)9-14(2,3)4/h8,11H,1,9-10H2,2-7H3. The molecular formula is C15H26INO3. The number of amides is 1. The minimum absolute atomic E-state index is 0.00936. The molecule has 0 heterocycles. The molecule has 1 amide bonds. The van der Waals surface area contributed by atoms with Gasteiger partial charge in [0, 0.05) is 12.0 Å². The molecule has 4 nitrogen and oxygen atoms in total. The van der Waals surface area contributed by atoms with Crippen molar-refractivity contribution in [2.45, 2.75) is 48.0 Å². The molecule has 0 rings (SSSR count). The highest BCUT2D eigenvalue weighted by atomic mass is 127. The molecule has 0 aliphatic carbocycles. The van der Waals surface area contributed by atoms with Gasteiger partial charge in [0.1, 0.15) is 0 Å². The summed E-state index contributed by atoms with van der Waals surface area (Å²) in [6.07, 6.45) is 1.87. The summed E-state index contributed by atoms with van der Waals surface area (Å²) in [5.74, 6) is -0.658. The molecule has 0 saturated carbocycles. The zero-order valence-electron chi connectivity index (χ0n) is 13.3. The quantitative estimate of drug-likeness (QED) is 0.233. The van der Waals surface area contributed by atoms with E-state index < -0.39 is 5.97 Å². The van der Waals surface area contributed by atoms with Crippen molar-refractivity contribution in [2.24, 2.45) is 16.7 Å². The van der Waals surface area contributed by atoms with Gasteiger partial charge in [-0.25, -0.2) is 7.91 Å². The number of carbonyl (C=O) groups excluding carboxylic acids is 2. The lowest BCUT2D eigenvalue weighted by atomic mass is 9.72. The Morgan fingerprint density at radius 3 is 2.10 bits per heavy atom. The van der Waals surface area contributed by atoms with Crippen LogP contribution in [0.15, 0.2) is 12.7 Å². The Hall–Kier alpha value is -0.590. The number of carbonyl (C=O) groups is 2. The lowest BCUT2D eigenvalue weighted by Gasteiger charge is -2.36. The third-order valence-corrected chi connectivity index (χ3v) is 3.64. The first-order valence-corrected chi connectivity index (χ1v) is 7.61. The second kappa shape index (κ2) is 7.43. The van der Waals surface area contributed by atoms with E-state index in [4.69, 9.17) is 4.74 Å². The van der Waals surface area contributed by atoms with E-state index in [2.05, 4.69) is 48.1 Å². The van der Waals surface area contributed by atoms with Gasteiger partial charge in [0.15, 0.2) is 6.73 Å². The van der Waals surface area contributed by atoms with Crippen molar-refractivity contribution >= 4 is 34.7 Å². The number of hydrogen-bond acceptors (Lipinski definition) is 3. The maximum Gasteiger partial charge on any atom is 0.331 e. The molecule has 0 aliphatic rings. The van der Waals surface area contributed by atoms with E-state index >= 15 is 0 Å². The maximum atomic E-state index is 12.6. The van der Waals surface area contributed by atoms with Crippen LogP contribution in [0, 0.1) is 16.7 Å². The lowest BCUT2D eigenvalue weighted by Crippen LogP contribution is -2.39. The van der Waals surface area contributed by atoms with Crippen LogP contribution in [0.1, 0.15) is 48.0 Å². The minimum Gasteiger partial charge on any atom is -0.440 e. The van der Waals surface area contributed by atoms with E-state index in [9.17, 15) is 9.59 Å². The summed E-state index contributed by atoms with van der Waals surface area (Å²) >= 11 is 1.90. The largest absolute Gasteiger partial charge is 0.440 e. The first kappa shape index (κ1) is 19.4. The van der Waals surface area contributed by atoms with Crippen LogP contribution in [0.3, 0.4) is 0 Å². The summed E-state index contributed by atoms with van der Waals surface area (Å²) < 4.78 is 6.34. The number of rotatable bonds is 5. The average molecular weight is 395 g/mol. The molecule has 0 bridgehead atoms. The van der Waals surface area contributed by atoms with Crippen molar-refractivity contribution in [2.75, 3.05) is 6.73 Å². The van der Waals surface area contributed by atoms with Crippen LogP contribution in [-0.2, 0) is 14.3 Å². The SMILES string of the molecule is C=CC(=O)OCN(I)C(=O)C(CC(C)(C)C)C(C)(C)C. The van der Waals surface area contributed by atoms with Crippen molar-refractivity contribution in [3.63, 3.8) is 0 Å². The summed E-state index contributed by atoms with van der Waals surface area (Å²) in [5, 5.41) is 0. The van der Waals surface area contributed by atoms with E-state index in [0.717, 1.165) is 12.5 Å². The average Bonchev–Trinajstić information content (AvgIpc) is 2.29. The predicted octanol–water partition coefficient (Wildman–Crippen LogP) is 3.95. The van der Waals surface area contributed by atoms with Crippen LogP contribution in [0.25, 0.3) is 0 Å². The number of esters is 1. The first-order valence-electron chi connectivity index (χ1n) is 6.65. The van der Waals surface area contributed by atoms with Gasteiger partial charge in [-0.3, -0.25) is 4.79 Å². The van der Waals surface area contributed by atoms with Crippen LogP contribution >= 0.6 is 22.9 Å². The maximum absolute atomic E-state index is 12.6. The fraction of sp³-hybridized carbons (Fsp3) is 0.733. The summed E-state index contributed by atoms with van der Waals surface area (Å²) in [4.78, 5) is 23.6. The molecule has 0 spiro atoms. The van der Waals surface area contributed by atoms with Gasteiger partial charge in [0.2, 0.25) is 5.91 Å². The monoisotopic (exact) mass is 395 g/mol. The second-order valence-electron chi connectivity index (χ2n) is 7.18. The molecule has 0 aromatic heterocycles. The summed E-state index contributed by atoms with van der Waals surface area (Å²) in [6.45, 7) is 15.8. The lowest BCUT2D eigenvalue weighted by molar-refractivity contribution is -0.145. The zero-order chi connectivity index (χ0) is 16.1. The van der Waals surface area contributed by atoms with Gasteiger partial charge in [0.25, 0.3) is 0 Å². The van der Waals surface area contributed by atoms with Crippen LogP contribution in [0.2, 0.25) is 0 Å². The summed E-state index contributed by atoms with van der Waals surface area (Å²) in [7, 11) is 0. The van der Waals surface area contributed by atoms with Crippen molar-refractivity contribution in [1.82, 2.24) is 3.11 Å². The van der Waals surface area contributed by atoms with Crippen molar-refractivity contribution in [1.29, 1.82) is 0 Å². The fourth-order valence-electron chi connectivity index (χ4n) is 1.79. The van der Waals surface area contributed by atoms with Gasteiger partial charge < -0.3 is 4.74 Å². The van der Waals surface area contributed by atoms with Gasteiger partial charge in [-0.2, -0.15) is 0 Å². The highest BCUT2D eigenvalue weighted by molar-refractivity contribution is 14.1. The van der Waals surface area contributed by atoms with Gasteiger partial charge in [-0.15, -0.1) is 0 Å². The van der Waals surface area contributed by atoms with Gasteiger partial charge in [-0.05, 0) is 17.3 Å². The third kappa shape index (κ3) is 7.26. The zero-order valence-corrected chi connectivity index (χ0v) is 15.5. The Labute approximate surface area is 136 Å². The summed E-state index contributed by atoms with van der Waals surface area (Å²) in [6, 6.07) is 0. The van der Waals surface area contributed by atoms with Crippen molar-refractivity contribution in [3.8, 4) is 0 Å². The number of ether oxygens (including phenoxy) is 1. The molecule has 0 aliphatic heterocycles. The smallest absolute Gasteiger partial charge is 0.331 e. The molecule has 116 valence electrons. The molecule has 0 fully saturated rings. The summed E-state index contributed by atoms with van der Waals surface area (Å²) in [5.41, 5.74) is -0.0842. The van der Waals surface area contributed by atoms with E-state index in [-0.39, 0.29) is 29.4 Å². The van der Waals surface area contributed by atoms with Crippen LogP contribution in [0.4, 0.5) is 0 Å². The van der Waals surface area contributed by atoms with E-state index in [1.807, 2.05) is 22.9 Å². The van der Waals surface area contributed by atoms with E-state index in [0.29, 0.717) is 0 Å². The van der Waals surface area contributed by atoms with Crippen LogP contribution < -0.4 is 0 Å². The Bertz CT molecular complexity index is 366. The second-order valence-corrected chi connectivity index (χ2v) is 8.35. The number of hydrogen-bond donors (Lipinski definition) is 0. The van der Waals surface area contributed by atoms with Crippen molar-refractivity contribution < 1.29 is 14.3 Å². The molecule has 1 atom stereocenters. The fourth-order valence-corrected chi connectivity index (χ4v) is 2.26. The highest BCUT2D eigenvalue weighted by Crippen LogP contribution is 2.37. The molecule has 1 unspecified atom stereocenters. The molecule has 0 aromatic carbocycles. The van der Waals surface area contributed by atoms with Crippen molar-refractivity contribution in [3.05, 3.63) is 12.7 Å². The molecule has 5 heteroatoms. The Morgan fingerprint density at radius 1 is 1.25 bits per heavy atom. The van der Waals surface area contributed by atoms with E-state index in [1.165, 1.54) is 3.11 Å². The topological polar surface area (TPSA) is 46.6 Å².